The second-order valence-electron chi connectivity index (χ2n) is 9.78. The van der Waals surface area contributed by atoms with Gasteiger partial charge < -0.3 is 9.47 Å². The van der Waals surface area contributed by atoms with Crippen molar-refractivity contribution in [2.75, 3.05) is 6.61 Å². The molecule has 0 spiro atoms. The summed E-state index contributed by atoms with van der Waals surface area (Å²) in [5.41, 5.74) is 12.4. The van der Waals surface area contributed by atoms with Gasteiger partial charge in [0.05, 0.1) is 6.26 Å². The first-order valence-corrected chi connectivity index (χ1v) is 12.5. The lowest BCUT2D eigenvalue weighted by Crippen LogP contribution is -2.06. The monoisotopic (exact) mass is 488 g/mol. The lowest BCUT2D eigenvalue weighted by Gasteiger charge is -2.18. The Balaban J connectivity index is 0.000000168. The van der Waals surface area contributed by atoms with E-state index in [1.54, 1.807) is 0 Å². The standard InChI is InChI=1S/2C17H16O.CH4/c2*1-12-3-6-14(7-4-12)16-10-15-8-5-13(2)9-17(15)18-11-16;/h3-9,11H,10H2,1-2H3;3-10H,11H2,1-2H3;1H4. The molecule has 2 nitrogen and oxygen atoms in total. The third-order valence-corrected chi connectivity index (χ3v) is 6.66. The number of aryl methyl sites for hydroxylation is 4. The summed E-state index contributed by atoms with van der Waals surface area (Å²) in [6.45, 7) is 9.03. The minimum atomic E-state index is 0. The summed E-state index contributed by atoms with van der Waals surface area (Å²) in [7, 11) is 0. The Morgan fingerprint density at radius 2 is 1.11 bits per heavy atom. The van der Waals surface area contributed by atoms with Crippen LogP contribution in [-0.2, 0) is 6.42 Å². The fourth-order valence-corrected chi connectivity index (χ4v) is 4.44. The zero-order valence-electron chi connectivity index (χ0n) is 21.5. The highest BCUT2D eigenvalue weighted by Gasteiger charge is 2.14. The van der Waals surface area contributed by atoms with Crippen LogP contribution >= 0.6 is 0 Å². The van der Waals surface area contributed by atoms with Gasteiger partial charge in [-0.3, -0.25) is 0 Å². The van der Waals surface area contributed by atoms with Gasteiger partial charge in [0.2, 0.25) is 0 Å². The van der Waals surface area contributed by atoms with Crippen molar-refractivity contribution in [3.05, 3.63) is 136 Å². The molecule has 0 atom stereocenters. The lowest BCUT2D eigenvalue weighted by atomic mass is 9.96. The van der Waals surface area contributed by atoms with Crippen LogP contribution in [0.25, 0.3) is 17.2 Å². The van der Waals surface area contributed by atoms with Crippen LogP contribution in [0.15, 0.2) is 91.2 Å². The average molecular weight is 489 g/mol. The molecule has 2 heterocycles. The molecular weight excluding hydrogens is 452 g/mol. The zero-order valence-corrected chi connectivity index (χ0v) is 21.5. The highest BCUT2D eigenvalue weighted by molar-refractivity contribution is 5.85. The Kier molecular flexibility index (Phi) is 7.98. The summed E-state index contributed by atoms with van der Waals surface area (Å²) < 4.78 is 11.6. The van der Waals surface area contributed by atoms with Crippen LogP contribution in [0.5, 0.6) is 11.5 Å². The number of hydrogen-bond acceptors (Lipinski definition) is 2. The third-order valence-electron chi connectivity index (χ3n) is 6.66. The van der Waals surface area contributed by atoms with E-state index >= 15 is 0 Å². The van der Waals surface area contributed by atoms with Crippen molar-refractivity contribution in [2.24, 2.45) is 0 Å². The quantitative estimate of drug-likeness (QED) is 0.280. The molecule has 0 unspecified atom stereocenters. The molecule has 0 amide bonds. The van der Waals surface area contributed by atoms with Gasteiger partial charge >= 0.3 is 0 Å². The molecule has 0 saturated carbocycles. The zero-order chi connectivity index (χ0) is 25.1. The van der Waals surface area contributed by atoms with Crippen molar-refractivity contribution in [3.63, 3.8) is 0 Å². The third kappa shape index (κ3) is 6.21. The molecule has 0 saturated heterocycles. The van der Waals surface area contributed by atoms with Gasteiger partial charge in [-0.2, -0.15) is 0 Å². The normalized spacial score (nSPS) is 13.2. The molecule has 6 rings (SSSR count). The topological polar surface area (TPSA) is 18.5 Å². The van der Waals surface area contributed by atoms with Crippen LogP contribution < -0.4 is 9.47 Å². The molecule has 0 fully saturated rings. The summed E-state index contributed by atoms with van der Waals surface area (Å²) in [6.07, 6.45) is 5.05. The molecule has 0 N–H and O–H groups in total. The summed E-state index contributed by atoms with van der Waals surface area (Å²) in [5, 5.41) is 0. The average Bonchev–Trinajstić information content (AvgIpc) is 2.89. The van der Waals surface area contributed by atoms with Gasteiger partial charge in [-0.25, -0.2) is 0 Å². The fourth-order valence-electron chi connectivity index (χ4n) is 4.44. The summed E-state index contributed by atoms with van der Waals surface area (Å²) in [4.78, 5) is 0. The summed E-state index contributed by atoms with van der Waals surface area (Å²) in [5.74, 6) is 1.98. The fraction of sp³-hybridized carbons (Fsp3) is 0.200. The number of rotatable bonds is 2. The van der Waals surface area contributed by atoms with Crippen molar-refractivity contribution in [1.82, 2.24) is 0 Å². The molecule has 4 aromatic carbocycles. The summed E-state index contributed by atoms with van der Waals surface area (Å²) >= 11 is 0. The van der Waals surface area contributed by atoms with E-state index in [9.17, 15) is 0 Å². The van der Waals surface area contributed by atoms with Gasteiger partial charge in [0, 0.05) is 12.0 Å². The van der Waals surface area contributed by atoms with Crippen LogP contribution in [0.1, 0.15) is 51.9 Å². The number of benzene rings is 4. The summed E-state index contributed by atoms with van der Waals surface area (Å²) in [6, 6.07) is 29.9. The number of hydrogen-bond donors (Lipinski definition) is 0. The minimum Gasteiger partial charge on any atom is -0.488 e. The van der Waals surface area contributed by atoms with Crippen molar-refractivity contribution >= 4 is 17.2 Å². The first-order valence-electron chi connectivity index (χ1n) is 12.5. The Labute approximate surface area is 221 Å². The van der Waals surface area contributed by atoms with Crippen LogP contribution in [0, 0.1) is 27.7 Å². The Morgan fingerprint density at radius 1 is 0.568 bits per heavy atom. The second kappa shape index (κ2) is 11.3. The van der Waals surface area contributed by atoms with E-state index in [0.717, 1.165) is 17.9 Å². The molecular formula is C35H36O2. The van der Waals surface area contributed by atoms with E-state index < -0.39 is 0 Å². The van der Waals surface area contributed by atoms with Gasteiger partial charge in [0.25, 0.3) is 0 Å². The van der Waals surface area contributed by atoms with Crippen LogP contribution in [0.4, 0.5) is 0 Å². The van der Waals surface area contributed by atoms with Gasteiger partial charge in [-0.15, -0.1) is 0 Å². The number of fused-ring (bicyclic) bond motifs is 2. The molecule has 0 aromatic heterocycles. The molecule has 2 aliphatic rings. The van der Waals surface area contributed by atoms with Crippen molar-refractivity contribution in [1.29, 1.82) is 0 Å². The van der Waals surface area contributed by atoms with Gasteiger partial charge in [0.1, 0.15) is 18.1 Å². The van der Waals surface area contributed by atoms with E-state index in [0.29, 0.717) is 6.61 Å². The maximum absolute atomic E-state index is 5.83. The SMILES string of the molecule is C.Cc1ccc(C2=COc3cc(C)ccc3C2)cc1.Cc1ccc(C2=Cc3ccc(C)cc3OC2)cc1. The Hall–Kier alpha value is -4.04. The molecule has 2 heteroatoms. The number of allylic oxidation sites excluding steroid dienone is 1. The van der Waals surface area contributed by atoms with E-state index in [2.05, 4.69) is 119 Å². The van der Waals surface area contributed by atoms with Crippen LogP contribution in [-0.4, -0.2) is 6.61 Å². The Morgan fingerprint density at radius 3 is 1.76 bits per heavy atom. The van der Waals surface area contributed by atoms with E-state index in [1.807, 2.05) is 6.26 Å². The predicted molar refractivity (Wildman–Crippen MR) is 157 cm³/mol. The van der Waals surface area contributed by atoms with E-state index in [-0.39, 0.29) is 7.43 Å². The lowest BCUT2D eigenvalue weighted by molar-refractivity contribution is 0.365. The van der Waals surface area contributed by atoms with Crippen LogP contribution in [0.2, 0.25) is 0 Å². The molecule has 188 valence electrons. The highest BCUT2D eigenvalue weighted by atomic mass is 16.5. The van der Waals surface area contributed by atoms with Crippen molar-refractivity contribution < 1.29 is 9.47 Å². The van der Waals surface area contributed by atoms with Gasteiger partial charge in [-0.1, -0.05) is 91.3 Å². The maximum atomic E-state index is 5.83. The van der Waals surface area contributed by atoms with Gasteiger partial charge in [0.15, 0.2) is 0 Å². The first-order chi connectivity index (χ1) is 17.4. The molecule has 0 radical (unpaired) electrons. The molecule has 4 aromatic rings. The van der Waals surface area contributed by atoms with Crippen molar-refractivity contribution in [2.45, 2.75) is 41.5 Å². The largest absolute Gasteiger partial charge is 0.488 e. The molecule has 0 bridgehead atoms. The van der Waals surface area contributed by atoms with Gasteiger partial charge in [-0.05, 0) is 84.9 Å². The van der Waals surface area contributed by atoms with Crippen LogP contribution in [0.3, 0.4) is 0 Å². The second-order valence-corrected chi connectivity index (χ2v) is 9.78. The predicted octanol–water partition coefficient (Wildman–Crippen LogP) is 9.15. The van der Waals surface area contributed by atoms with E-state index in [1.165, 1.54) is 55.7 Å². The highest BCUT2D eigenvalue weighted by Crippen LogP contribution is 2.32. The number of ether oxygens (including phenoxy) is 2. The smallest absolute Gasteiger partial charge is 0.130 e. The van der Waals surface area contributed by atoms with E-state index in [4.69, 9.17) is 9.47 Å². The minimum absolute atomic E-state index is 0. The molecule has 2 aliphatic heterocycles. The molecule has 0 aliphatic carbocycles. The maximum Gasteiger partial charge on any atom is 0.130 e. The first kappa shape index (κ1) is 26.0. The Bertz CT molecular complexity index is 1440. The van der Waals surface area contributed by atoms with Crippen molar-refractivity contribution in [3.8, 4) is 11.5 Å². The molecule has 37 heavy (non-hydrogen) atoms.